The van der Waals surface area contributed by atoms with Crippen molar-refractivity contribution in [1.29, 1.82) is 0 Å². The van der Waals surface area contributed by atoms with Crippen molar-refractivity contribution >= 4 is 5.91 Å². The second kappa shape index (κ2) is 8.48. The third-order valence-electron chi connectivity index (χ3n) is 3.03. The first-order valence-electron chi connectivity index (χ1n) is 6.23. The van der Waals surface area contributed by atoms with Crippen LogP contribution in [0.3, 0.4) is 0 Å². The highest BCUT2D eigenvalue weighted by Gasteiger charge is 2.20. The summed E-state index contributed by atoms with van der Waals surface area (Å²) in [4.78, 5) is 13.8. The number of carbonyl (C=O) groups excluding carboxylic acids is 1. The Bertz CT molecular complexity index is 213. The molecule has 4 nitrogen and oxygen atoms in total. The zero-order valence-corrected chi connectivity index (χ0v) is 10.7. The molecular formula is C13H28N2O2. The van der Waals surface area contributed by atoms with Crippen LogP contribution in [0.4, 0.5) is 0 Å². The minimum absolute atomic E-state index is 0. The molecule has 102 valence electrons. The number of carbonyl (C=O) groups is 1. The van der Waals surface area contributed by atoms with Gasteiger partial charge in [0, 0.05) is 32.1 Å². The van der Waals surface area contributed by atoms with Crippen LogP contribution >= 0.6 is 0 Å². The van der Waals surface area contributed by atoms with Crippen LogP contribution in [0.2, 0.25) is 0 Å². The van der Waals surface area contributed by atoms with Gasteiger partial charge in [-0.25, -0.2) is 0 Å². The third kappa shape index (κ3) is 6.03. The summed E-state index contributed by atoms with van der Waals surface area (Å²) in [6.45, 7) is 10.7. The smallest absolute Gasteiger partial charge is 0.219 e. The zero-order valence-electron chi connectivity index (χ0n) is 10.7. The minimum Gasteiger partial charge on any atom is -0.379 e. The van der Waals surface area contributed by atoms with Gasteiger partial charge in [-0.05, 0) is 5.92 Å². The Hall–Kier alpha value is -0.610. The number of nitrogens with one attached hydrogen (secondary N) is 1. The van der Waals surface area contributed by atoms with Crippen LogP contribution in [0.5, 0.6) is 0 Å². The van der Waals surface area contributed by atoms with E-state index in [1.165, 1.54) is 0 Å². The van der Waals surface area contributed by atoms with Crippen LogP contribution in [-0.4, -0.2) is 49.7 Å². The van der Waals surface area contributed by atoms with Crippen molar-refractivity contribution in [3.8, 4) is 0 Å². The molecule has 1 fully saturated rings. The van der Waals surface area contributed by atoms with Crippen molar-refractivity contribution in [2.75, 3.05) is 32.8 Å². The zero-order chi connectivity index (χ0) is 12.0. The first kappa shape index (κ1) is 16.4. The summed E-state index contributed by atoms with van der Waals surface area (Å²) in [5.74, 6) is 0.616. The molecule has 0 saturated carbocycles. The summed E-state index contributed by atoms with van der Waals surface area (Å²) >= 11 is 0. The quantitative estimate of drug-likeness (QED) is 0.797. The van der Waals surface area contributed by atoms with Crippen molar-refractivity contribution in [1.82, 2.24) is 10.2 Å². The van der Waals surface area contributed by atoms with Crippen LogP contribution in [0, 0.1) is 5.92 Å². The van der Waals surface area contributed by atoms with E-state index in [1.807, 2.05) is 6.92 Å². The van der Waals surface area contributed by atoms with E-state index >= 15 is 0 Å². The van der Waals surface area contributed by atoms with Crippen molar-refractivity contribution in [3.05, 3.63) is 0 Å². The van der Waals surface area contributed by atoms with E-state index in [0.29, 0.717) is 12.3 Å². The lowest BCUT2D eigenvalue weighted by Gasteiger charge is -2.32. The maximum absolute atomic E-state index is 11.4. The first-order chi connectivity index (χ1) is 7.63. The SMILES string of the molecule is C.CCC(=O)NC(CN1CCOCC1)C(C)C. The maximum Gasteiger partial charge on any atom is 0.219 e. The molecule has 1 unspecified atom stereocenters. The highest BCUT2D eigenvalue weighted by molar-refractivity contribution is 5.75. The van der Waals surface area contributed by atoms with Gasteiger partial charge in [-0.1, -0.05) is 28.2 Å². The average Bonchev–Trinajstić information content (AvgIpc) is 2.29. The lowest BCUT2D eigenvalue weighted by Crippen LogP contribution is -2.49. The molecule has 1 aliphatic heterocycles. The lowest BCUT2D eigenvalue weighted by atomic mass is 10.0. The second-order valence-electron chi connectivity index (χ2n) is 4.68. The van der Waals surface area contributed by atoms with Crippen LogP contribution in [0.25, 0.3) is 0 Å². The van der Waals surface area contributed by atoms with Gasteiger partial charge in [0.2, 0.25) is 5.91 Å². The molecular weight excluding hydrogens is 216 g/mol. The van der Waals surface area contributed by atoms with Gasteiger partial charge in [0.15, 0.2) is 0 Å². The van der Waals surface area contributed by atoms with E-state index < -0.39 is 0 Å². The van der Waals surface area contributed by atoms with E-state index in [0.717, 1.165) is 32.8 Å². The number of ether oxygens (including phenoxy) is 1. The number of rotatable bonds is 5. The Kier molecular flexibility index (Phi) is 8.17. The van der Waals surface area contributed by atoms with Crippen molar-refractivity contribution < 1.29 is 9.53 Å². The molecule has 0 aromatic heterocycles. The molecule has 1 amide bonds. The molecule has 0 radical (unpaired) electrons. The summed E-state index contributed by atoms with van der Waals surface area (Å²) in [6.07, 6.45) is 0.562. The Morgan fingerprint density at radius 3 is 2.41 bits per heavy atom. The molecule has 1 rings (SSSR count). The summed E-state index contributed by atoms with van der Waals surface area (Å²) in [5.41, 5.74) is 0. The van der Waals surface area contributed by atoms with Gasteiger partial charge in [0.25, 0.3) is 0 Å². The van der Waals surface area contributed by atoms with Crippen LogP contribution < -0.4 is 5.32 Å². The lowest BCUT2D eigenvalue weighted by molar-refractivity contribution is -0.122. The summed E-state index contributed by atoms with van der Waals surface area (Å²) in [7, 11) is 0. The van der Waals surface area contributed by atoms with E-state index in [2.05, 4.69) is 24.1 Å². The highest BCUT2D eigenvalue weighted by atomic mass is 16.5. The number of morpholine rings is 1. The molecule has 1 N–H and O–H groups in total. The summed E-state index contributed by atoms with van der Waals surface area (Å²) < 4.78 is 5.32. The van der Waals surface area contributed by atoms with E-state index in [1.54, 1.807) is 0 Å². The van der Waals surface area contributed by atoms with Crippen LogP contribution in [0.1, 0.15) is 34.6 Å². The van der Waals surface area contributed by atoms with Gasteiger partial charge >= 0.3 is 0 Å². The monoisotopic (exact) mass is 244 g/mol. The molecule has 0 spiro atoms. The van der Waals surface area contributed by atoms with Crippen molar-refractivity contribution in [2.24, 2.45) is 5.92 Å². The number of hydrogen-bond donors (Lipinski definition) is 1. The highest BCUT2D eigenvalue weighted by Crippen LogP contribution is 2.06. The Labute approximate surface area is 106 Å². The molecule has 1 saturated heterocycles. The number of nitrogens with zero attached hydrogens (tertiary/aromatic N) is 1. The Balaban J connectivity index is 0.00000256. The predicted octanol–water partition coefficient (Wildman–Crippen LogP) is 1.51. The molecule has 1 atom stereocenters. The fraction of sp³-hybridized carbons (Fsp3) is 0.923. The third-order valence-corrected chi connectivity index (χ3v) is 3.03. The maximum atomic E-state index is 11.4. The second-order valence-corrected chi connectivity index (χ2v) is 4.68. The molecule has 17 heavy (non-hydrogen) atoms. The first-order valence-corrected chi connectivity index (χ1v) is 6.23. The normalized spacial score (nSPS) is 18.6. The molecule has 1 heterocycles. The fourth-order valence-electron chi connectivity index (χ4n) is 1.79. The Morgan fingerprint density at radius 1 is 1.35 bits per heavy atom. The van der Waals surface area contributed by atoms with Gasteiger partial charge < -0.3 is 10.1 Å². The molecule has 0 aromatic rings. The molecule has 0 aromatic carbocycles. The topological polar surface area (TPSA) is 41.6 Å². The molecule has 0 aliphatic carbocycles. The van der Waals surface area contributed by atoms with E-state index in [4.69, 9.17) is 4.74 Å². The van der Waals surface area contributed by atoms with Crippen molar-refractivity contribution in [3.63, 3.8) is 0 Å². The van der Waals surface area contributed by atoms with Gasteiger partial charge in [-0.15, -0.1) is 0 Å². The predicted molar refractivity (Wildman–Crippen MR) is 71.0 cm³/mol. The van der Waals surface area contributed by atoms with Gasteiger partial charge in [-0.3, -0.25) is 9.69 Å². The van der Waals surface area contributed by atoms with Gasteiger partial charge in [0.05, 0.1) is 13.2 Å². The standard InChI is InChI=1S/C12H24N2O2.CH4/c1-4-12(15)13-11(10(2)3)9-14-5-7-16-8-6-14;/h10-11H,4-9H2,1-3H3,(H,13,15);1H4. The van der Waals surface area contributed by atoms with Gasteiger partial charge in [-0.2, -0.15) is 0 Å². The van der Waals surface area contributed by atoms with Crippen LogP contribution in [-0.2, 0) is 9.53 Å². The molecule has 4 heteroatoms. The molecule has 0 bridgehead atoms. The van der Waals surface area contributed by atoms with E-state index in [9.17, 15) is 4.79 Å². The molecule has 1 aliphatic rings. The Morgan fingerprint density at radius 2 is 1.94 bits per heavy atom. The number of hydrogen-bond acceptors (Lipinski definition) is 3. The fourth-order valence-corrected chi connectivity index (χ4v) is 1.79. The summed E-state index contributed by atoms with van der Waals surface area (Å²) in [6, 6.07) is 0.255. The van der Waals surface area contributed by atoms with E-state index in [-0.39, 0.29) is 19.4 Å². The van der Waals surface area contributed by atoms with Gasteiger partial charge in [0.1, 0.15) is 0 Å². The average molecular weight is 244 g/mol. The number of amides is 1. The summed E-state index contributed by atoms with van der Waals surface area (Å²) in [5, 5.41) is 3.09. The minimum atomic E-state index is 0. The van der Waals surface area contributed by atoms with Crippen molar-refractivity contribution in [2.45, 2.75) is 40.7 Å². The largest absolute Gasteiger partial charge is 0.379 e. The van der Waals surface area contributed by atoms with Crippen LogP contribution in [0.15, 0.2) is 0 Å².